The summed E-state index contributed by atoms with van der Waals surface area (Å²) in [6.07, 6.45) is 0. The number of benzene rings is 2. The van der Waals surface area contributed by atoms with Crippen LogP contribution in [-0.2, 0) is 11.3 Å². The van der Waals surface area contributed by atoms with E-state index in [0.717, 1.165) is 22.6 Å². The lowest BCUT2D eigenvalue weighted by atomic mass is 9.75. The number of ether oxygens (including phenoxy) is 2. The van der Waals surface area contributed by atoms with Crippen molar-refractivity contribution < 1.29 is 14.3 Å². The summed E-state index contributed by atoms with van der Waals surface area (Å²) in [6.45, 7) is 9.77. The van der Waals surface area contributed by atoms with Gasteiger partial charge in [0.2, 0.25) is 12.7 Å². The van der Waals surface area contributed by atoms with Crippen LogP contribution in [0.25, 0.3) is 0 Å². The summed E-state index contributed by atoms with van der Waals surface area (Å²) in [5.74, 6) is 2.11. The van der Waals surface area contributed by atoms with Gasteiger partial charge in [-0.15, -0.1) is 0 Å². The van der Waals surface area contributed by atoms with Gasteiger partial charge in [-0.25, -0.2) is 0 Å². The number of likely N-dealkylation sites (tertiary alicyclic amines) is 2. The summed E-state index contributed by atoms with van der Waals surface area (Å²) in [6, 6.07) is 16.0. The molecule has 0 bridgehead atoms. The van der Waals surface area contributed by atoms with Gasteiger partial charge < -0.3 is 14.4 Å². The highest BCUT2D eigenvalue weighted by Crippen LogP contribution is 2.57. The molecule has 4 unspecified atom stereocenters. The first-order valence-corrected chi connectivity index (χ1v) is 11.7. The van der Waals surface area contributed by atoms with E-state index in [1.54, 1.807) is 0 Å². The number of nitriles is 1. The average Bonchev–Trinajstić information content (AvgIpc) is 3.43. The second-order valence-electron chi connectivity index (χ2n) is 10.4. The standard InChI is InChI=1S/C27H31N3O3/c1-16(2)24-23-22(25(29(5)27(23,3)4)19-9-6-17(13-28)7-10-19)26(31)30(24)14-18-8-11-20-21(12-18)33-15-32-20/h6-12,16,22-25H,14-15H2,1-5H3. The normalized spacial score (nSPS) is 27.8. The van der Waals surface area contributed by atoms with Crippen molar-refractivity contribution in [1.82, 2.24) is 9.80 Å². The Morgan fingerprint density at radius 3 is 2.48 bits per heavy atom. The zero-order valence-electron chi connectivity index (χ0n) is 19.9. The van der Waals surface area contributed by atoms with Crippen molar-refractivity contribution in [2.45, 2.75) is 51.9 Å². The number of hydrogen-bond acceptors (Lipinski definition) is 5. The lowest BCUT2D eigenvalue weighted by molar-refractivity contribution is -0.134. The molecule has 2 aromatic carbocycles. The molecular formula is C27H31N3O3. The van der Waals surface area contributed by atoms with Crippen LogP contribution in [0.1, 0.15) is 50.4 Å². The van der Waals surface area contributed by atoms with Crippen molar-refractivity contribution in [3.63, 3.8) is 0 Å². The molecule has 2 fully saturated rings. The van der Waals surface area contributed by atoms with Crippen molar-refractivity contribution in [1.29, 1.82) is 5.26 Å². The quantitative estimate of drug-likeness (QED) is 0.700. The largest absolute Gasteiger partial charge is 0.454 e. The molecule has 3 aliphatic heterocycles. The molecule has 4 atom stereocenters. The summed E-state index contributed by atoms with van der Waals surface area (Å²) >= 11 is 0. The fourth-order valence-electron chi connectivity index (χ4n) is 6.30. The van der Waals surface area contributed by atoms with Gasteiger partial charge in [0, 0.05) is 30.1 Å². The van der Waals surface area contributed by atoms with Gasteiger partial charge in [-0.2, -0.15) is 5.26 Å². The molecule has 0 aromatic heterocycles. The van der Waals surface area contributed by atoms with Crippen LogP contribution in [0.4, 0.5) is 0 Å². The smallest absolute Gasteiger partial charge is 0.231 e. The molecule has 3 heterocycles. The SMILES string of the molecule is CC(C)C1C2C(C(=O)N1Cc1ccc3c(c1)OCO3)C(c1ccc(C#N)cc1)N(C)C2(C)C. The first kappa shape index (κ1) is 21.8. The second-order valence-corrected chi connectivity index (χ2v) is 10.4. The minimum absolute atomic E-state index is 0.0201. The molecule has 1 amide bonds. The number of nitrogens with zero attached hydrogens (tertiary/aromatic N) is 3. The molecule has 2 saturated heterocycles. The van der Waals surface area contributed by atoms with Crippen molar-refractivity contribution >= 4 is 5.91 Å². The van der Waals surface area contributed by atoms with Gasteiger partial charge in [-0.3, -0.25) is 9.69 Å². The van der Waals surface area contributed by atoms with Gasteiger partial charge in [-0.05, 0) is 62.2 Å². The third kappa shape index (κ3) is 3.29. The fourth-order valence-corrected chi connectivity index (χ4v) is 6.30. The third-order valence-electron chi connectivity index (χ3n) is 8.02. The van der Waals surface area contributed by atoms with Crippen LogP contribution in [0.5, 0.6) is 11.5 Å². The Labute approximate surface area is 195 Å². The van der Waals surface area contributed by atoms with E-state index >= 15 is 0 Å². The Morgan fingerprint density at radius 2 is 1.82 bits per heavy atom. The average molecular weight is 446 g/mol. The Morgan fingerprint density at radius 1 is 1.12 bits per heavy atom. The number of carbonyl (C=O) groups is 1. The number of rotatable bonds is 4. The van der Waals surface area contributed by atoms with Crippen LogP contribution >= 0.6 is 0 Å². The summed E-state index contributed by atoms with van der Waals surface area (Å²) in [5, 5.41) is 9.21. The first-order valence-electron chi connectivity index (χ1n) is 11.7. The molecule has 5 rings (SSSR count). The fraction of sp³-hybridized carbons (Fsp3) is 0.481. The van der Waals surface area contributed by atoms with E-state index in [4.69, 9.17) is 9.47 Å². The van der Waals surface area contributed by atoms with Crippen LogP contribution in [0.15, 0.2) is 42.5 Å². The number of carbonyl (C=O) groups excluding carboxylic acids is 1. The van der Waals surface area contributed by atoms with Crippen LogP contribution in [0.3, 0.4) is 0 Å². The number of hydrogen-bond donors (Lipinski definition) is 0. The van der Waals surface area contributed by atoms with Crippen molar-refractivity contribution in [2.24, 2.45) is 17.8 Å². The minimum atomic E-state index is -0.155. The Bertz CT molecular complexity index is 1120. The highest BCUT2D eigenvalue weighted by Gasteiger charge is 2.64. The number of amides is 1. The maximum absolute atomic E-state index is 14.1. The topological polar surface area (TPSA) is 65.8 Å². The van der Waals surface area contributed by atoms with Crippen LogP contribution < -0.4 is 9.47 Å². The molecule has 6 nitrogen and oxygen atoms in total. The maximum Gasteiger partial charge on any atom is 0.231 e. The molecule has 2 aromatic rings. The van der Waals surface area contributed by atoms with Gasteiger partial charge >= 0.3 is 0 Å². The van der Waals surface area contributed by atoms with Crippen LogP contribution in [0.2, 0.25) is 0 Å². The van der Waals surface area contributed by atoms with E-state index in [1.807, 2.05) is 42.5 Å². The molecular weight excluding hydrogens is 414 g/mol. The van der Waals surface area contributed by atoms with Crippen LogP contribution in [-0.4, -0.2) is 41.1 Å². The summed E-state index contributed by atoms with van der Waals surface area (Å²) in [5.41, 5.74) is 2.63. The molecule has 0 spiro atoms. The van der Waals surface area contributed by atoms with Gasteiger partial charge in [-0.1, -0.05) is 32.0 Å². The molecule has 172 valence electrons. The van der Waals surface area contributed by atoms with Gasteiger partial charge in [0.1, 0.15) is 0 Å². The van der Waals surface area contributed by atoms with E-state index in [9.17, 15) is 10.1 Å². The molecule has 0 aliphatic carbocycles. The number of fused-ring (bicyclic) bond motifs is 2. The van der Waals surface area contributed by atoms with E-state index in [0.29, 0.717) is 18.0 Å². The lowest BCUT2D eigenvalue weighted by Gasteiger charge is -2.41. The first-order chi connectivity index (χ1) is 15.7. The Hall–Kier alpha value is -3.04. The molecule has 0 saturated carbocycles. The van der Waals surface area contributed by atoms with E-state index in [2.05, 4.69) is 50.6 Å². The highest BCUT2D eigenvalue weighted by molar-refractivity contribution is 5.84. The van der Waals surface area contributed by atoms with E-state index in [-0.39, 0.29) is 42.2 Å². The van der Waals surface area contributed by atoms with Gasteiger partial charge in [0.25, 0.3) is 0 Å². The van der Waals surface area contributed by atoms with Crippen molar-refractivity contribution in [2.75, 3.05) is 13.8 Å². The summed E-state index contributed by atoms with van der Waals surface area (Å²) < 4.78 is 11.0. The zero-order valence-corrected chi connectivity index (χ0v) is 19.9. The predicted octanol–water partition coefficient (Wildman–Crippen LogP) is 4.35. The molecule has 6 heteroatoms. The van der Waals surface area contributed by atoms with E-state index in [1.165, 1.54) is 0 Å². The monoisotopic (exact) mass is 445 g/mol. The molecule has 3 aliphatic rings. The molecule has 0 radical (unpaired) electrons. The predicted molar refractivity (Wildman–Crippen MR) is 124 cm³/mol. The molecule has 33 heavy (non-hydrogen) atoms. The van der Waals surface area contributed by atoms with Crippen LogP contribution in [0, 0.1) is 29.1 Å². The summed E-state index contributed by atoms with van der Waals surface area (Å²) in [4.78, 5) is 18.5. The van der Waals surface area contributed by atoms with Crippen molar-refractivity contribution in [3.05, 3.63) is 59.2 Å². The van der Waals surface area contributed by atoms with Gasteiger partial charge in [0.05, 0.1) is 17.6 Å². The zero-order chi connectivity index (χ0) is 23.5. The van der Waals surface area contributed by atoms with Gasteiger partial charge in [0.15, 0.2) is 11.5 Å². The maximum atomic E-state index is 14.1. The highest BCUT2D eigenvalue weighted by atomic mass is 16.7. The lowest BCUT2D eigenvalue weighted by Crippen LogP contribution is -2.50. The van der Waals surface area contributed by atoms with E-state index < -0.39 is 0 Å². The third-order valence-corrected chi connectivity index (χ3v) is 8.02. The minimum Gasteiger partial charge on any atom is -0.454 e. The van der Waals surface area contributed by atoms with Crippen molar-refractivity contribution in [3.8, 4) is 17.6 Å². The second kappa shape index (κ2) is 7.78. The summed E-state index contributed by atoms with van der Waals surface area (Å²) in [7, 11) is 2.13. The Balaban J connectivity index is 1.53. The Kier molecular flexibility index (Phi) is 5.13. The molecule has 0 N–H and O–H groups in total.